The first-order chi connectivity index (χ1) is 18.7. The number of nitrogens with zero attached hydrogens (tertiary/aromatic N) is 7. The molecule has 4 aromatic rings. The van der Waals surface area contributed by atoms with Gasteiger partial charge in [0.2, 0.25) is 11.6 Å². The summed E-state index contributed by atoms with van der Waals surface area (Å²) < 4.78 is 8.64. The van der Waals surface area contributed by atoms with E-state index >= 15 is 0 Å². The molecular weight excluding hydrogens is 498 g/mol. The molecule has 3 N–H and O–H groups in total. The topological polar surface area (TPSA) is 153 Å². The number of nitrogens with one attached hydrogen (secondary N) is 2. The average molecular weight is 536 g/mol. The minimum atomic E-state index is -1.47. The highest BCUT2D eigenvalue weighted by Crippen LogP contribution is 2.37. The van der Waals surface area contributed by atoms with Gasteiger partial charge in [0.25, 0.3) is 0 Å². The smallest absolute Gasteiger partial charge is 0.376 e. The van der Waals surface area contributed by atoms with E-state index in [9.17, 15) is 9.90 Å². The van der Waals surface area contributed by atoms with E-state index in [-0.39, 0.29) is 17.7 Å². The van der Waals surface area contributed by atoms with Crippen LogP contribution in [0.3, 0.4) is 0 Å². The van der Waals surface area contributed by atoms with E-state index in [0.29, 0.717) is 41.4 Å². The number of rotatable bonds is 8. The van der Waals surface area contributed by atoms with Crippen molar-refractivity contribution in [3.05, 3.63) is 34.6 Å². The van der Waals surface area contributed by atoms with E-state index in [1.54, 1.807) is 19.4 Å². The van der Waals surface area contributed by atoms with Crippen LogP contribution in [0.5, 0.6) is 0 Å². The first-order valence-corrected chi connectivity index (χ1v) is 14.0. The minimum absolute atomic E-state index is 0.134. The van der Waals surface area contributed by atoms with Gasteiger partial charge in [-0.25, -0.2) is 24.7 Å². The van der Waals surface area contributed by atoms with Crippen LogP contribution in [0.2, 0.25) is 0 Å². The summed E-state index contributed by atoms with van der Waals surface area (Å²) in [4.78, 5) is 33.1. The van der Waals surface area contributed by atoms with E-state index < -0.39 is 11.4 Å². The highest BCUT2D eigenvalue weighted by Gasteiger charge is 2.37. The normalized spacial score (nSPS) is 22.5. The second kappa shape index (κ2) is 9.89. The van der Waals surface area contributed by atoms with Crippen LogP contribution in [0.1, 0.15) is 77.2 Å². The average Bonchev–Trinajstić information content (AvgIpc) is 3.58. The number of H-pyrrole nitrogens is 1. The molecule has 0 radical (unpaired) electrons. The fraction of sp³-hybridized carbons (Fsp3) is 0.630. The highest BCUT2D eigenvalue weighted by molar-refractivity contribution is 5.86. The molecule has 4 heterocycles. The standard InChI is InChI=1S/C27H37N9O3/c1-15-8-10-17(11-9-15)12-36-20-21(29-16(2)18-6-5-7-18)30-23(24-33-26(37)39-34-24)31-22(20)32-25(36)27(3,38)19-13-35(4)14-28-19/h13-18,38H,5-12H2,1-4H3,(H,29,30,31)(H,33,34,37)/t15-,16-,17-,27?/m1/s1. The van der Waals surface area contributed by atoms with Crippen LogP contribution in [0.4, 0.5) is 5.82 Å². The Kier molecular flexibility index (Phi) is 6.52. The van der Waals surface area contributed by atoms with Gasteiger partial charge >= 0.3 is 5.76 Å². The first-order valence-electron chi connectivity index (χ1n) is 14.0. The third-order valence-electron chi connectivity index (χ3n) is 8.69. The number of hydrogen-bond acceptors (Lipinski definition) is 9. The van der Waals surface area contributed by atoms with Gasteiger partial charge in [-0.05, 0) is 57.3 Å². The van der Waals surface area contributed by atoms with Crippen molar-refractivity contribution in [2.75, 3.05) is 5.32 Å². The van der Waals surface area contributed by atoms with Crippen molar-refractivity contribution in [1.82, 2.24) is 39.2 Å². The summed E-state index contributed by atoms with van der Waals surface area (Å²) in [6.45, 7) is 6.90. The summed E-state index contributed by atoms with van der Waals surface area (Å²) in [5.74, 6) is 2.46. The van der Waals surface area contributed by atoms with E-state index in [0.717, 1.165) is 24.3 Å². The predicted molar refractivity (Wildman–Crippen MR) is 145 cm³/mol. The van der Waals surface area contributed by atoms with Crippen LogP contribution in [0.15, 0.2) is 21.8 Å². The molecule has 0 spiro atoms. The molecule has 0 aliphatic heterocycles. The van der Waals surface area contributed by atoms with Crippen molar-refractivity contribution in [2.45, 2.75) is 83.9 Å². The van der Waals surface area contributed by atoms with Gasteiger partial charge in [-0.3, -0.25) is 9.51 Å². The second-order valence-electron chi connectivity index (χ2n) is 11.8. The Balaban J connectivity index is 1.53. The highest BCUT2D eigenvalue weighted by atomic mass is 16.5. The number of imidazole rings is 2. The monoisotopic (exact) mass is 535 g/mol. The molecule has 2 aliphatic rings. The lowest BCUT2D eigenvalue weighted by molar-refractivity contribution is 0.0824. The quantitative estimate of drug-likeness (QED) is 0.307. The Morgan fingerprint density at radius 1 is 1.21 bits per heavy atom. The number of fused-ring (bicyclic) bond motifs is 1. The van der Waals surface area contributed by atoms with Crippen molar-refractivity contribution in [3.8, 4) is 11.6 Å². The van der Waals surface area contributed by atoms with Gasteiger partial charge in [0.1, 0.15) is 11.3 Å². The summed E-state index contributed by atoms with van der Waals surface area (Å²) in [6, 6.07) is 0.180. The first kappa shape index (κ1) is 25.7. The maximum absolute atomic E-state index is 11.9. The largest absolute Gasteiger partial charge is 0.439 e. The van der Waals surface area contributed by atoms with Crippen LogP contribution >= 0.6 is 0 Å². The molecule has 0 aromatic carbocycles. The predicted octanol–water partition coefficient (Wildman–Crippen LogP) is 3.59. The van der Waals surface area contributed by atoms with E-state index in [1.165, 1.54) is 32.1 Å². The van der Waals surface area contributed by atoms with Crippen molar-refractivity contribution in [3.63, 3.8) is 0 Å². The molecule has 0 saturated heterocycles. The minimum Gasteiger partial charge on any atom is -0.376 e. The van der Waals surface area contributed by atoms with Crippen LogP contribution < -0.4 is 11.1 Å². The van der Waals surface area contributed by atoms with Crippen LogP contribution in [-0.2, 0) is 19.2 Å². The van der Waals surface area contributed by atoms with Crippen LogP contribution in [0.25, 0.3) is 22.8 Å². The molecule has 12 heteroatoms. The van der Waals surface area contributed by atoms with Gasteiger partial charge < -0.3 is 19.6 Å². The fourth-order valence-electron chi connectivity index (χ4n) is 5.94. The lowest BCUT2D eigenvalue weighted by Crippen LogP contribution is -2.32. The van der Waals surface area contributed by atoms with E-state index in [4.69, 9.17) is 19.5 Å². The number of aliphatic hydroxyl groups is 1. The Morgan fingerprint density at radius 2 is 1.97 bits per heavy atom. The zero-order valence-corrected chi connectivity index (χ0v) is 23.0. The third kappa shape index (κ3) is 4.86. The molecule has 2 atom stereocenters. The van der Waals surface area contributed by atoms with Crippen LogP contribution in [0, 0.1) is 17.8 Å². The molecular formula is C27H37N9O3. The van der Waals surface area contributed by atoms with Gasteiger partial charge in [-0.15, -0.1) is 0 Å². The summed E-state index contributed by atoms with van der Waals surface area (Å²) in [7, 11) is 1.87. The second-order valence-corrected chi connectivity index (χ2v) is 11.8. The van der Waals surface area contributed by atoms with E-state index in [1.807, 2.05) is 11.6 Å². The van der Waals surface area contributed by atoms with Gasteiger partial charge in [0.05, 0.1) is 12.0 Å². The molecule has 0 amide bonds. The molecule has 4 aromatic heterocycles. The Morgan fingerprint density at radius 3 is 2.59 bits per heavy atom. The van der Waals surface area contributed by atoms with Gasteiger partial charge in [-0.2, -0.15) is 0 Å². The maximum Gasteiger partial charge on any atom is 0.439 e. The molecule has 2 saturated carbocycles. The van der Waals surface area contributed by atoms with Crippen molar-refractivity contribution >= 4 is 17.0 Å². The summed E-state index contributed by atoms with van der Waals surface area (Å²) in [6.07, 6.45) is 11.7. The molecule has 0 bridgehead atoms. The zero-order valence-electron chi connectivity index (χ0n) is 23.0. The molecule has 6 rings (SSSR count). The number of aromatic nitrogens is 8. The summed E-state index contributed by atoms with van der Waals surface area (Å²) in [5.41, 5.74) is 0.191. The lowest BCUT2D eigenvalue weighted by Gasteiger charge is -2.32. The summed E-state index contributed by atoms with van der Waals surface area (Å²) >= 11 is 0. The van der Waals surface area contributed by atoms with Gasteiger partial charge in [-0.1, -0.05) is 31.3 Å². The number of aromatic amines is 1. The molecule has 12 nitrogen and oxygen atoms in total. The summed E-state index contributed by atoms with van der Waals surface area (Å²) in [5, 5.41) is 19.4. The van der Waals surface area contributed by atoms with Crippen LogP contribution in [-0.4, -0.2) is 50.4 Å². The lowest BCUT2D eigenvalue weighted by atomic mass is 9.80. The number of hydrogen-bond donors (Lipinski definition) is 3. The number of aryl methyl sites for hydroxylation is 1. The third-order valence-corrected chi connectivity index (χ3v) is 8.69. The Hall–Kier alpha value is -3.54. The number of anilines is 1. The Bertz CT molecular complexity index is 1520. The van der Waals surface area contributed by atoms with Crippen molar-refractivity contribution in [1.29, 1.82) is 0 Å². The van der Waals surface area contributed by atoms with E-state index in [2.05, 4.69) is 38.9 Å². The fourth-order valence-corrected chi connectivity index (χ4v) is 5.94. The molecule has 2 fully saturated rings. The molecule has 208 valence electrons. The zero-order chi connectivity index (χ0) is 27.3. The molecule has 39 heavy (non-hydrogen) atoms. The molecule has 1 unspecified atom stereocenters. The van der Waals surface area contributed by atoms with Gasteiger partial charge in [0.15, 0.2) is 17.1 Å². The Labute approximate surface area is 226 Å². The van der Waals surface area contributed by atoms with Gasteiger partial charge in [0, 0.05) is 25.8 Å². The SMILES string of the molecule is C[C@@H](Nc1nc(-c2noc(=O)[nH]2)nc2nc(C(C)(O)c3cn(C)cn3)n(C[C@H]3CC[C@H](C)CC3)c12)C1CCC1. The maximum atomic E-state index is 11.9. The molecule has 2 aliphatic carbocycles. The van der Waals surface area contributed by atoms with Crippen molar-refractivity contribution < 1.29 is 9.63 Å². The van der Waals surface area contributed by atoms with Crippen molar-refractivity contribution in [2.24, 2.45) is 24.8 Å².